The number of hydrogen-bond donors (Lipinski definition) is 0. The Bertz CT molecular complexity index is 1520. The summed E-state index contributed by atoms with van der Waals surface area (Å²) in [4.78, 5) is 30.9. The van der Waals surface area contributed by atoms with Gasteiger partial charge in [-0.3, -0.25) is 19.9 Å². The number of likely N-dealkylation sites (N-methyl/N-ethyl adjacent to an activating group) is 1. The van der Waals surface area contributed by atoms with Gasteiger partial charge < -0.3 is 4.90 Å². The summed E-state index contributed by atoms with van der Waals surface area (Å²) in [5.74, 6) is -0.217. The van der Waals surface area contributed by atoms with Gasteiger partial charge in [0.2, 0.25) is 4.80 Å². The first-order valence-electron chi connectivity index (χ1n) is 11.0. The molecule has 0 bridgehead atoms. The van der Waals surface area contributed by atoms with E-state index in [9.17, 15) is 14.9 Å². The molecule has 1 aliphatic heterocycles. The molecule has 0 saturated heterocycles. The second-order valence-corrected chi connectivity index (χ2v) is 8.81. The second-order valence-electron chi connectivity index (χ2n) is 7.97. The summed E-state index contributed by atoms with van der Waals surface area (Å²) in [5.41, 5.74) is 4.23. The molecule has 5 rings (SSSR count). The molecule has 3 aromatic carbocycles. The van der Waals surface area contributed by atoms with Crippen molar-refractivity contribution in [3.63, 3.8) is 0 Å². The van der Waals surface area contributed by atoms with Crippen molar-refractivity contribution in [3.8, 4) is 11.3 Å². The Balaban J connectivity index is 1.63. The van der Waals surface area contributed by atoms with E-state index in [1.807, 2.05) is 47.8 Å². The summed E-state index contributed by atoms with van der Waals surface area (Å²) in [5, 5.41) is 18.0. The third-order valence-electron chi connectivity index (χ3n) is 5.76. The fourth-order valence-corrected chi connectivity index (χ4v) is 4.81. The SMILES string of the molecule is CN1C(=O)C(=Nn2c(-c3cccc([N+](=O)[O-])c3)csc2=NCCc2ccccc2)c2ccccc21. The molecule has 0 unspecified atom stereocenters. The summed E-state index contributed by atoms with van der Waals surface area (Å²) < 4.78 is 1.62. The number of carbonyl (C=O) groups excluding carboxylic acids is 1. The molecule has 0 fully saturated rings. The number of thiazole rings is 1. The maximum Gasteiger partial charge on any atom is 0.279 e. The first-order valence-corrected chi connectivity index (χ1v) is 11.9. The van der Waals surface area contributed by atoms with Crippen LogP contribution in [0.25, 0.3) is 11.3 Å². The van der Waals surface area contributed by atoms with Crippen LogP contribution in [0.1, 0.15) is 11.1 Å². The topological polar surface area (TPSA) is 93.1 Å². The number of rotatable bonds is 6. The second kappa shape index (κ2) is 9.47. The van der Waals surface area contributed by atoms with Crippen molar-refractivity contribution in [2.45, 2.75) is 6.42 Å². The van der Waals surface area contributed by atoms with Crippen LogP contribution in [0.4, 0.5) is 11.4 Å². The third-order valence-corrected chi connectivity index (χ3v) is 6.61. The Morgan fingerprint density at radius 1 is 1.00 bits per heavy atom. The molecule has 9 heteroatoms. The van der Waals surface area contributed by atoms with Crippen molar-refractivity contribution >= 4 is 34.3 Å². The van der Waals surface area contributed by atoms with E-state index in [0.29, 0.717) is 28.3 Å². The van der Waals surface area contributed by atoms with E-state index in [-0.39, 0.29) is 11.6 Å². The highest BCUT2D eigenvalue weighted by atomic mass is 32.1. The molecular weight excluding hydrogens is 462 g/mol. The minimum absolute atomic E-state index is 0.0162. The lowest BCUT2D eigenvalue weighted by molar-refractivity contribution is -0.384. The number of nitrogens with zero attached hydrogens (tertiary/aromatic N) is 5. The Kier molecular flexibility index (Phi) is 6.07. The fourth-order valence-electron chi connectivity index (χ4n) is 3.95. The Hall–Kier alpha value is -4.37. The molecule has 0 spiro atoms. The van der Waals surface area contributed by atoms with Gasteiger partial charge in [-0.1, -0.05) is 60.7 Å². The molecule has 1 amide bonds. The molecule has 0 aliphatic carbocycles. The lowest BCUT2D eigenvalue weighted by Crippen LogP contribution is -2.27. The highest BCUT2D eigenvalue weighted by Gasteiger charge is 2.31. The minimum Gasteiger partial charge on any atom is -0.309 e. The number of non-ortho nitro benzene ring substituents is 1. The summed E-state index contributed by atoms with van der Waals surface area (Å²) in [6.45, 7) is 0.536. The maximum atomic E-state index is 13.1. The molecule has 174 valence electrons. The van der Waals surface area contributed by atoms with Gasteiger partial charge in [0.25, 0.3) is 11.6 Å². The average molecular weight is 484 g/mol. The molecule has 0 atom stereocenters. The number of amides is 1. The van der Waals surface area contributed by atoms with Crippen LogP contribution >= 0.6 is 11.3 Å². The van der Waals surface area contributed by atoms with Crippen molar-refractivity contribution in [1.29, 1.82) is 0 Å². The van der Waals surface area contributed by atoms with Crippen LogP contribution in [0, 0.1) is 10.1 Å². The Morgan fingerprint density at radius 3 is 2.57 bits per heavy atom. The van der Waals surface area contributed by atoms with E-state index in [1.165, 1.54) is 29.0 Å². The van der Waals surface area contributed by atoms with Gasteiger partial charge in [0.1, 0.15) is 0 Å². The first-order chi connectivity index (χ1) is 17.0. The van der Waals surface area contributed by atoms with Crippen LogP contribution in [-0.4, -0.2) is 34.8 Å². The monoisotopic (exact) mass is 483 g/mol. The van der Waals surface area contributed by atoms with Crippen molar-refractivity contribution in [2.24, 2.45) is 10.1 Å². The van der Waals surface area contributed by atoms with Gasteiger partial charge in [-0.2, -0.15) is 5.10 Å². The van der Waals surface area contributed by atoms with Crippen LogP contribution in [0.15, 0.2) is 94.3 Å². The lowest BCUT2D eigenvalue weighted by atomic mass is 10.1. The standard InChI is InChI=1S/C26H21N5O3S/c1-29-22-13-6-5-12-21(22)24(25(29)32)28-30-23(19-10-7-11-20(16-19)31(33)34)17-35-26(30)27-15-14-18-8-3-2-4-9-18/h2-13,16-17H,14-15H2,1H3. The highest BCUT2D eigenvalue weighted by Crippen LogP contribution is 2.29. The van der Waals surface area contributed by atoms with E-state index in [1.54, 1.807) is 28.8 Å². The van der Waals surface area contributed by atoms with E-state index in [0.717, 1.165) is 17.7 Å². The Morgan fingerprint density at radius 2 is 1.77 bits per heavy atom. The summed E-state index contributed by atoms with van der Waals surface area (Å²) in [6, 6.07) is 23.9. The number of para-hydroxylation sites is 1. The number of carbonyl (C=O) groups is 1. The number of aromatic nitrogens is 1. The molecule has 1 aliphatic rings. The normalized spacial score (nSPS) is 14.5. The number of fused-ring (bicyclic) bond motifs is 1. The van der Waals surface area contributed by atoms with E-state index in [4.69, 9.17) is 10.1 Å². The van der Waals surface area contributed by atoms with Gasteiger partial charge in [0.15, 0.2) is 5.71 Å². The van der Waals surface area contributed by atoms with Gasteiger partial charge in [0, 0.05) is 42.2 Å². The van der Waals surface area contributed by atoms with E-state index >= 15 is 0 Å². The highest BCUT2D eigenvalue weighted by molar-refractivity contribution is 7.07. The fraction of sp³-hybridized carbons (Fsp3) is 0.115. The van der Waals surface area contributed by atoms with Gasteiger partial charge in [-0.25, -0.2) is 4.68 Å². The zero-order valence-corrected chi connectivity index (χ0v) is 19.7. The van der Waals surface area contributed by atoms with E-state index in [2.05, 4.69) is 12.1 Å². The summed E-state index contributed by atoms with van der Waals surface area (Å²) >= 11 is 1.38. The number of hydrogen-bond acceptors (Lipinski definition) is 6. The average Bonchev–Trinajstić information content (AvgIpc) is 3.39. The molecule has 2 heterocycles. The number of nitro benzene ring substituents is 1. The smallest absolute Gasteiger partial charge is 0.279 e. The van der Waals surface area contributed by atoms with E-state index < -0.39 is 4.92 Å². The maximum absolute atomic E-state index is 13.1. The van der Waals surface area contributed by atoms with Crippen LogP contribution in [-0.2, 0) is 11.2 Å². The van der Waals surface area contributed by atoms with Crippen molar-refractivity contribution < 1.29 is 9.72 Å². The molecule has 0 radical (unpaired) electrons. The zero-order chi connectivity index (χ0) is 24.4. The minimum atomic E-state index is -0.428. The van der Waals surface area contributed by atoms with Crippen molar-refractivity contribution in [3.05, 3.63) is 110 Å². The van der Waals surface area contributed by atoms with Crippen molar-refractivity contribution in [2.75, 3.05) is 18.5 Å². The number of nitro groups is 1. The molecular formula is C26H21N5O3S. The van der Waals surface area contributed by atoms with Crippen molar-refractivity contribution in [1.82, 2.24) is 4.68 Å². The van der Waals surface area contributed by atoms with Gasteiger partial charge >= 0.3 is 0 Å². The molecule has 1 aromatic heterocycles. The quantitative estimate of drug-likeness (QED) is 0.299. The van der Waals surface area contributed by atoms with Gasteiger partial charge in [0.05, 0.1) is 16.3 Å². The first kappa shape index (κ1) is 22.4. The van der Waals surface area contributed by atoms with Crippen LogP contribution in [0.3, 0.4) is 0 Å². The van der Waals surface area contributed by atoms with Gasteiger partial charge in [-0.15, -0.1) is 11.3 Å². The summed E-state index contributed by atoms with van der Waals surface area (Å²) in [7, 11) is 1.72. The molecule has 35 heavy (non-hydrogen) atoms. The van der Waals surface area contributed by atoms with Crippen LogP contribution < -0.4 is 9.70 Å². The van der Waals surface area contributed by atoms with Crippen LogP contribution in [0.2, 0.25) is 0 Å². The largest absolute Gasteiger partial charge is 0.309 e. The summed E-state index contributed by atoms with van der Waals surface area (Å²) in [6.07, 6.45) is 0.756. The third kappa shape index (κ3) is 4.41. The zero-order valence-electron chi connectivity index (χ0n) is 18.9. The Labute approximate surface area is 205 Å². The van der Waals surface area contributed by atoms with Crippen LogP contribution in [0.5, 0.6) is 0 Å². The van der Waals surface area contributed by atoms with Gasteiger partial charge in [-0.05, 0) is 18.1 Å². The lowest BCUT2D eigenvalue weighted by Gasteiger charge is -2.08. The number of benzene rings is 3. The number of anilines is 1. The predicted octanol–water partition coefficient (Wildman–Crippen LogP) is 4.50. The molecule has 4 aromatic rings. The molecule has 0 N–H and O–H groups in total. The predicted molar refractivity (Wildman–Crippen MR) is 137 cm³/mol. The molecule has 0 saturated carbocycles. The molecule has 8 nitrogen and oxygen atoms in total.